The first-order valence-electron chi connectivity index (χ1n) is 8.46. The molecule has 0 saturated heterocycles. The third-order valence-electron chi connectivity index (χ3n) is 4.14. The van der Waals surface area contributed by atoms with E-state index in [0.717, 1.165) is 36.9 Å². The van der Waals surface area contributed by atoms with Gasteiger partial charge in [0.15, 0.2) is 11.5 Å². The number of rotatable bonds is 5. The lowest BCUT2D eigenvalue weighted by Gasteiger charge is -2.22. The van der Waals surface area contributed by atoms with E-state index in [1.165, 1.54) is 11.1 Å². The van der Waals surface area contributed by atoms with E-state index in [1.807, 2.05) is 19.1 Å². The van der Waals surface area contributed by atoms with Gasteiger partial charge in [-0.1, -0.05) is 24.3 Å². The molecule has 0 spiro atoms. The van der Waals surface area contributed by atoms with Gasteiger partial charge >= 0.3 is 0 Å². The van der Waals surface area contributed by atoms with Gasteiger partial charge in [-0.2, -0.15) is 0 Å². The van der Waals surface area contributed by atoms with Crippen LogP contribution < -0.4 is 14.2 Å². The molecule has 1 aliphatic heterocycles. The maximum atomic E-state index is 6.04. The van der Waals surface area contributed by atoms with Crippen molar-refractivity contribution in [2.24, 2.45) is 0 Å². The second-order valence-corrected chi connectivity index (χ2v) is 6.12. The number of hydrogen-bond acceptors (Lipinski definition) is 4. The quantitative estimate of drug-likeness (QED) is 0.834. The largest absolute Gasteiger partial charge is 0.493 e. The topological polar surface area (TPSA) is 30.9 Å². The summed E-state index contributed by atoms with van der Waals surface area (Å²) in [6.45, 7) is 7.36. The Labute approximate surface area is 144 Å². The van der Waals surface area contributed by atoms with Crippen LogP contribution in [-0.4, -0.2) is 31.3 Å². The van der Waals surface area contributed by atoms with Crippen molar-refractivity contribution in [3.8, 4) is 17.2 Å². The molecule has 2 aromatic rings. The molecule has 1 atom stereocenters. The van der Waals surface area contributed by atoms with E-state index >= 15 is 0 Å². The highest BCUT2D eigenvalue weighted by molar-refractivity contribution is 5.43. The predicted molar refractivity (Wildman–Crippen MR) is 94.8 cm³/mol. The van der Waals surface area contributed by atoms with Crippen molar-refractivity contribution in [1.82, 2.24) is 4.90 Å². The summed E-state index contributed by atoms with van der Waals surface area (Å²) in [6.07, 6.45) is 0.165. The Morgan fingerprint density at radius 1 is 1.17 bits per heavy atom. The van der Waals surface area contributed by atoms with Gasteiger partial charge in [-0.05, 0) is 37.6 Å². The Morgan fingerprint density at radius 3 is 2.79 bits per heavy atom. The molecule has 0 amide bonds. The van der Waals surface area contributed by atoms with Crippen LogP contribution in [0.1, 0.15) is 25.0 Å². The van der Waals surface area contributed by atoms with Gasteiger partial charge in [0.1, 0.15) is 11.9 Å². The molecule has 4 heteroatoms. The minimum atomic E-state index is 0.165. The Kier molecular flexibility index (Phi) is 5.26. The lowest BCUT2D eigenvalue weighted by Crippen LogP contribution is -2.30. The minimum absolute atomic E-state index is 0.165. The zero-order valence-corrected chi connectivity index (χ0v) is 14.6. The first-order chi connectivity index (χ1) is 11.7. The molecule has 0 saturated carbocycles. The molecule has 0 aromatic heterocycles. The lowest BCUT2D eigenvalue weighted by atomic mass is 10.1. The van der Waals surface area contributed by atoms with Gasteiger partial charge in [0.25, 0.3) is 0 Å². The lowest BCUT2D eigenvalue weighted by molar-refractivity contribution is 0.156. The van der Waals surface area contributed by atoms with E-state index in [2.05, 4.69) is 42.2 Å². The summed E-state index contributed by atoms with van der Waals surface area (Å²) >= 11 is 0. The number of fused-ring (bicyclic) bond motifs is 1. The first-order valence-corrected chi connectivity index (χ1v) is 8.46. The van der Waals surface area contributed by atoms with E-state index in [1.54, 1.807) is 7.11 Å². The molecule has 0 bridgehead atoms. The van der Waals surface area contributed by atoms with Gasteiger partial charge in [-0.25, -0.2) is 0 Å². The van der Waals surface area contributed by atoms with Crippen LogP contribution in [0, 0.1) is 0 Å². The zero-order chi connectivity index (χ0) is 16.9. The maximum absolute atomic E-state index is 6.04. The monoisotopic (exact) mass is 327 g/mol. The summed E-state index contributed by atoms with van der Waals surface area (Å²) in [6, 6.07) is 14.4. The summed E-state index contributed by atoms with van der Waals surface area (Å²) in [7, 11) is 1.67. The Bertz CT molecular complexity index is 686. The SMILES string of the molecule is CCOc1cc(CN2Cc3ccccc3OC(C)C2)ccc1OC. The molecule has 0 aliphatic carbocycles. The van der Waals surface area contributed by atoms with Gasteiger partial charge in [0.2, 0.25) is 0 Å². The second kappa shape index (κ2) is 7.58. The zero-order valence-electron chi connectivity index (χ0n) is 14.6. The fourth-order valence-electron chi connectivity index (χ4n) is 3.14. The van der Waals surface area contributed by atoms with Crippen LogP contribution in [0.2, 0.25) is 0 Å². The van der Waals surface area contributed by atoms with Crippen molar-refractivity contribution in [1.29, 1.82) is 0 Å². The Hall–Kier alpha value is -2.20. The van der Waals surface area contributed by atoms with Crippen LogP contribution in [0.15, 0.2) is 42.5 Å². The fourth-order valence-corrected chi connectivity index (χ4v) is 3.14. The van der Waals surface area contributed by atoms with E-state index in [0.29, 0.717) is 6.61 Å². The molecule has 4 nitrogen and oxygen atoms in total. The highest BCUT2D eigenvalue weighted by Gasteiger charge is 2.20. The average Bonchev–Trinajstić information content (AvgIpc) is 2.72. The van der Waals surface area contributed by atoms with Crippen LogP contribution in [0.3, 0.4) is 0 Å². The van der Waals surface area contributed by atoms with E-state index in [4.69, 9.17) is 14.2 Å². The molecule has 0 N–H and O–H groups in total. The summed E-state index contributed by atoms with van der Waals surface area (Å²) in [4.78, 5) is 2.41. The smallest absolute Gasteiger partial charge is 0.161 e. The van der Waals surface area contributed by atoms with Crippen molar-refractivity contribution < 1.29 is 14.2 Å². The molecule has 0 fully saturated rings. The van der Waals surface area contributed by atoms with Crippen LogP contribution in [0.25, 0.3) is 0 Å². The average molecular weight is 327 g/mol. The Balaban J connectivity index is 1.79. The molecule has 0 radical (unpaired) electrons. The second-order valence-electron chi connectivity index (χ2n) is 6.12. The van der Waals surface area contributed by atoms with E-state index in [-0.39, 0.29) is 6.10 Å². The van der Waals surface area contributed by atoms with Crippen LogP contribution in [-0.2, 0) is 13.1 Å². The summed E-state index contributed by atoms with van der Waals surface area (Å²) in [5.74, 6) is 2.58. The molecule has 1 aliphatic rings. The molecule has 24 heavy (non-hydrogen) atoms. The van der Waals surface area contributed by atoms with Gasteiger partial charge < -0.3 is 14.2 Å². The number of hydrogen-bond donors (Lipinski definition) is 0. The number of methoxy groups -OCH3 is 1. The molecule has 128 valence electrons. The maximum Gasteiger partial charge on any atom is 0.161 e. The van der Waals surface area contributed by atoms with Crippen molar-refractivity contribution in [2.45, 2.75) is 33.0 Å². The minimum Gasteiger partial charge on any atom is -0.493 e. The molecule has 1 heterocycles. The Morgan fingerprint density at radius 2 is 2.00 bits per heavy atom. The summed E-state index contributed by atoms with van der Waals surface area (Å²) in [5, 5.41) is 0. The number of benzene rings is 2. The van der Waals surface area contributed by atoms with Gasteiger partial charge in [0.05, 0.1) is 13.7 Å². The first kappa shape index (κ1) is 16.7. The van der Waals surface area contributed by atoms with Crippen molar-refractivity contribution >= 4 is 0 Å². The van der Waals surface area contributed by atoms with E-state index < -0.39 is 0 Å². The third kappa shape index (κ3) is 3.82. The van der Waals surface area contributed by atoms with Crippen LogP contribution in [0.5, 0.6) is 17.2 Å². The summed E-state index contributed by atoms with van der Waals surface area (Å²) < 4.78 is 17.1. The number of para-hydroxylation sites is 1. The number of nitrogens with zero attached hydrogens (tertiary/aromatic N) is 1. The van der Waals surface area contributed by atoms with Crippen molar-refractivity contribution in [3.63, 3.8) is 0 Å². The molecular weight excluding hydrogens is 302 g/mol. The van der Waals surface area contributed by atoms with Crippen molar-refractivity contribution in [3.05, 3.63) is 53.6 Å². The predicted octanol–water partition coefficient (Wildman–Crippen LogP) is 3.88. The molecule has 2 aromatic carbocycles. The molecular formula is C20H25NO3. The van der Waals surface area contributed by atoms with Gasteiger partial charge in [0, 0.05) is 25.2 Å². The third-order valence-corrected chi connectivity index (χ3v) is 4.14. The van der Waals surface area contributed by atoms with Gasteiger partial charge in [-0.15, -0.1) is 0 Å². The summed E-state index contributed by atoms with van der Waals surface area (Å²) in [5.41, 5.74) is 2.45. The van der Waals surface area contributed by atoms with Crippen LogP contribution in [0.4, 0.5) is 0 Å². The molecule has 3 rings (SSSR count). The van der Waals surface area contributed by atoms with Gasteiger partial charge in [-0.3, -0.25) is 4.90 Å². The highest BCUT2D eigenvalue weighted by atomic mass is 16.5. The normalized spacial score (nSPS) is 17.5. The fraction of sp³-hybridized carbons (Fsp3) is 0.400. The highest BCUT2D eigenvalue weighted by Crippen LogP contribution is 2.30. The van der Waals surface area contributed by atoms with Crippen molar-refractivity contribution in [2.75, 3.05) is 20.3 Å². The number of ether oxygens (including phenoxy) is 3. The molecule has 1 unspecified atom stereocenters. The standard InChI is InChI=1S/C20H25NO3/c1-4-23-20-11-16(9-10-19(20)22-3)13-21-12-15(2)24-18-8-6-5-7-17(18)14-21/h5-11,15H,4,12-14H2,1-3H3. The van der Waals surface area contributed by atoms with Crippen LogP contribution >= 0.6 is 0 Å². The van der Waals surface area contributed by atoms with E-state index in [9.17, 15) is 0 Å².